The predicted octanol–water partition coefficient (Wildman–Crippen LogP) is 2.13. The zero-order valence-electron chi connectivity index (χ0n) is 12.1. The quantitative estimate of drug-likeness (QED) is 0.896. The number of carbonyl (C=O) groups is 1. The van der Waals surface area contributed by atoms with Gasteiger partial charge in [0.25, 0.3) is 10.0 Å². The number of carbonyl (C=O) groups excluding carboxylic acids is 1. The van der Waals surface area contributed by atoms with Gasteiger partial charge < -0.3 is 10.1 Å². The van der Waals surface area contributed by atoms with Gasteiger partial charge in [-0.1, -0.05) is 0 Å². The van der Waals surface area contributed by atoms with Crippen molar-refractivity contribution in [2.45, 2.75) is 11.3 Å². The largest absolute Gasteiger partial charge is 0.494 e. The number of anilines is 2. The molecule has 6 nitrogen and oxygen atoms in total. The molecule has 0 saturated heterocycles. The summed E-state index contributed by atoms with van der Waals surface area (Å²) in [6.07, 6.45) is 0.135. The van der Waals surface area contributed by atoms with Crippen molar-refractivity contribution in [3.05, 3.63) is 47.8 Å². The number of halogens is 1. The molecule has 0 unspecified atom stereocenters. The Bertz CT molecular complexity index is 896. The van der Waals surface area contributed by atoms with E-state index in [1.165, 1.54) is 37.4 Å². The first-order chi connectivity index (χ1) is 10.9. The number of amides is 1. The van der Waals surface area contributed by atoms with Crippen LogP contribution in [0, 0.1) is 5.82 Å². The van der Waals surface area contributed by atoms with E-state index in [9.17, 15) is 17.6 Å². The first kappa shape index (κ1) is 15.3. The van der Waals surface area contributed by atoms with Crippen LogP contribution in [0.3, 0.4) is 0 Å². The summed E-state index contributed by atoms with van der Waals surface area (Å²) < 4.78 is 45.5. The molecule has 2 aromatic carbocycles. The molecule has 0 atom stereocenters. The van der Waals surface area contributed by atoms with Crippen LogP contribution in [0.15, 0.2) is 41.3 Å². The number of fused-ring (bicyclic) bond motifs is 1. The van der Waals surface area contributed by atoms with Gasteiger partial charge in [0.1, 0.15) is 0 Å². The lowest BCUT2D eigenvalue weighted by Gasteiger charge is -2.10. The summed E-state index contributed by atoms with van der Waals surface area (Å²) in [5.41, 5.74) is 1.29. The number of nitrogens with one attached hydrogen (secondary N) is 2. The van der Waals surface area contributed by atoms with E-state index in [1.807, 2.05) is 0 Å². The molecular formula is C15H13FN2O4S. The SMILES string of the molecule is COc1ccc(NS(=O)(=O)c2ccc3c(c2)CC(=O)N3)cc1F. The summed E-state index contributed by atoms with van der Waals surface area (Å²) in [5, 5.41) is 2.63. The molecule has 0 radical (unpaired) electrons. The fourth-order valence-corrected chi connectivity index (χ4v) is 3.42. The molecule has 0 saturated carbocycles. The molecule has 1 amide bonds. The number of benzene rings is 2. The van der Waals surface area contributed by atoms with Crippen molar-refractivity contribution in [2.75, 3.05) is 17.1 Å². The maximum atomic E-state index is 13.6. The molecule has 23 heavy (non-hydrogen) atoms. The second kappa shape index (κ2) is 5.54. The third-order valence-corrected chi connectivity index (χ3v) is 4.80. The van der Waals surface area contributed by atoms with Gasteiger partial charge in [-0.15, -0.1) is 0 Å². The summed E-state index contributed by atoms with van der Waals surface area (Å²) in [5.74, 6) is -0.828. The number of hydrogen-bond acceptors (Lipinski definition) is 4. The van der Waals surface area contributed by atoms with Gasteiger partial charge in [-0.3, -0.25) is 9.52 Å². The molecule has 3 rings (SSSR count). The molecule has 0 bridgehead atoms. The van der Waals surface area contributed by atoms with Crippen LogP contribution in [-0.2, 0) is 21.2 Å². The number of hydrogen-bond donors (Lipinski definition) is 2. The molecule has 0 fully saturated rings. The molecule has 0 spiro atoms. The van der Waals surface area contributed by atoms with Crippen molar-refractivity contribution in [2.24, 2.45) is 0 Å². The van der Waals surface area contributed by atoms with Crippen LogP contribution in [0.4, 0.5) is 15.8 Å². The molecular weight excluding hydrogens is 323 g/mol. The Hall–Kier alpha value is -2.61. The van der Waals surface area contributed by atoms with E-state index in [0.717, 1.165) is 6.07 Å². The van der Waals surface area contributed by atoms with Crippen molar-refractivity contribution in [3.63, 3.8) is 0 Å². The number of ether oxygens (including phenoxy) is 1. The lowest BCUT2D eigenvalue weighted by atomic mass is 10.2. The molecule has 8 heteroatoms. The fourth-order valence-electron chi connectivity index (χ4n) is 2.32. The Kier molecular flexibility index (Phi) is 3.69. The van der Waals surface area contributed by atoms with Crippen LogP contribution in [-0.4, -0.2) is 21.4 Å². The Balaban J connectivity index is 1.89. The summed E-state index contributed by atoms with van der Waals surface area (Å²) >= 11 is 0. The molecule has 2 N–H and O–H groups in total. The highest BCUT2D eigenvalue weighted by molar-refractivity contribution is 7.92. The van der Waals surface area contributed by atoms with Crippen molar-refractivity contribution in [3.8, 4) is 5.75 Å². The topological polar surface area (TPSA) is 84.5 Å². The Morgan fingerprint density at radius 2 is 2.00 bits per heavy atom. The number of methoxy groups -OCH3 is 1. The Morgan fingerprint density at radius 3 is 2.70 bits per heavy atom. The summed E-state index contributed by atoms with van der Waals surface area (Å²) in [7, 11) is -2.56. The van der Waals surface area contributed by atoms with E-state index in [4.69, 9.17) is 4.74 Å². The molecule has 1 heterocycles. The number of rotatable bonds is 4. The third kappa shape index (κ3) is 2.98. The zero-order valence-corrected chi connectivity index (χ0v) is 12.9. The Labute approximate surface area is 132 Å². The second-order valence-electron chi connectivity index (χ2n) is 5.00. The van der Waals surface area contributed by atoms with Crippen LogP contribution in [0.25, 0.3) is 0 Å². The fraction of sp³-hybridized carbons (Fsp3) is 0.133. The predicted molar refractivity (Wildman–Crippen MR) is 82.5 cm³/mol. The standard InChI is InChI=1S/C15H13FN2O4S/c1-22-14-5-2-10(8-12(14)16)18-23(20,21)11-3-4-13-9(6-11)7-15(19)17-13/h2-6,8,18H,7H2,1H3,(H,17,19). The average Bonchev–Trinajstić information content (AvgIpc) is 2.86. The summed E-state index contributed by atoms with van der Waals surface area (Å²) in [6.45, 7) is 0. The van der Waals surface area contributed by atoms with Crippen LogP contribution in [0.1, 0.15) is 5.56 Å². The maximum Gasteiger partial charge on any atom is 0.261 e. The lowest BCUT2D eigenvalue weighted by molar-refractivity contribution is -0.115. The molecule has 0 aliphatic carbocycles. The van der Waals surface area contributed by atoms with Crippen LogP contribution in [0.5, 0.6) is 5.75 Å². The minimum Gasteiger partial charge on any atom is -0.494 e. The van der Waals surface area contributed by atoms with Gasteiger partial charge in [-0.05, 0) is 35.9 Å². The van der Waals surface area contributed by atoms with E-state index in [0.29, 0.717) is 11.3 Å². The molecule has 120 valence electrons. The minimum atomic E-state index is -3.89. The van der Waals surface area contributed by atoms with Gasteiger partial charge in [0.2, 0.25) is 5.91 Å². The van der Waals surface area contributed by atoms with Crippen molar-refractivity contribution >= 4 is 27.3 Å². The average molecular weight is 336 g/mol. The zero-order chi connectivity index (χ0) is 16.6. The molecule has 1 aliphatic rings. The number of sulfonamides is 1. The minimum absolute atomic E-state index is 0.00368. The maximum absolute atomic E-state index is 13.6. The highest BCUT2D eigenvalue weighted by atomic mass is 32.2. The third-order valence-electron chi connectivity index (χ3n) is 3.42. The second-order valence-corrected chi connectivity index (χ2v) is 6.68. The first-order valence-electron chi connectivity index (χ1n) is 6.68. The van der Waals surface area contributed by atoms with Gasteiger partial charge in [-0.25, -0.2) is 12.8 Å². The molecule has 1 aliphatic heterocycles. The van der Waals surface area contributed by atoms with Crippen molar-refractivity contribution < 1.29 is 22.3 Å². The van der Waals surface area contributed by atoms with Crippen LogP contribution < -0.4 is 14.8 Å². The Morgan fingerprint density at radius 1 is 1.22 bits per heavy atom. The van der Waals surface area contributed by atoms with E-state index in [-0.39, 0.29) is 28.7 Å². The van der Waals surface area contributed by atoms with E-state index in [2.05, 4.69) is 10.0 Å². The smallest absolute Gasteiger partial charge is 0.261 e. The molecule has 2 aromatic rings. The van der Waals surface area contributed by atoms with Gasteiger partial charge in [0.05, 0.1) is 24.1 Å². The van der Waals surface area contributed by atoms with E-state index >= 15 is 0 Å². The monoisotopic (exact) mass is 336 g/mol. The highest BCUT2D eigenvalue weighted by Crippen LogP contribution is 2.27. The van der Waals surface area contributed by atoms with Crippen molar-refractivity contribution in [1.82, 2.24) is 0 Å². The first-order valence-corrected chi connectivity index (χ1v) is 8.16. The van der Waals surface area contributed by atoms with Crippen LogP contribution in [0.2, 0.25) is 0 Å². The normalized spacial score (nSPS) is 13.4. The lowest BCUT2D eigenvalue weighted by Crippen LogP contribution is -2.13. The van der Waals surface area contributed by atoms with E-state index < -0.39 is 15.8 Å². The van der Waals surface area contributed by atoms with Gasteiger partial charge in [0, 0.05) is 11.8 Å². The van der Waals surface area contributed by atoms with E-state index in [1.54, 1.807) is 0 Å². The summed E-state index contributed by atoms with van der Waals surface area (Å²) in [6, 6.07) is 8.11. The van der Waals surface area contributed by atoms with Gasteiger partial charge in [-0.2, -0.15) is 0 Å². The molecule has 0 aromatic heterocycles. The van der Waals surface area contributed by atoms with Gasteiger partial charge in [0.15, 0.2) is 11.6 Å². The van der Waals surface area contributed by atoms with Gasteiger partial charge >= 0.3 is 0 Å². The summed E-state index contributed by atoms with van der Waals surface area (Å²) in [4.78, 5) is 11.3. The van der Waals surface area contributed by atoms with Crippen molar-refractivity contribution in [1.29, 1.82) is 0 Å². The highest BCUT2D eigenvalue weighted by Gasteiger charge is 2.22. The van der Waals surface area contributed by atoms with Crippen LogP contribution >= 0.6 is 0 Å².